The van der Waals surface area contributed by atoms with Crippen LogP contribution in [0.3, 0.4) is 0 Å². The Balaban J connectivity index is 1.09. The monoisotopic (exact) mass is 735 g/mol. The molecule has 0 bridgehead atoms. The van der Waals surface area contributed by atoms with Crippen LogP contribution in [0, 0.1) is 0 Å². The van der Waals surface area contributed by atoms with Crippen molar-refractivity contribution in [1.29, 1.82) is 0 Å². The van der Waals surface area contributed by atoms with E-state index in [9.17, 15) is 0 Å². The van der Waals surface area contributed by atoms with Gasteiger partial charge in [0.1, 0.15) is 11.9 Å². The SMILES string of the molecule is CC1(C)c2ccccc2-c2cccc(-c3ccc4c(c3)c3c5c(ccc3n4-c3nc(C4=CC=C(C6=CC=CCC6)CC4)c4ccccc4n3)C3C=CC=CC3O5)c21. The van der Waals surface area contributed by atoms with E-state index >= 15 is 0 Å². The maximum Gasteiger partial charge on any atom is 0.235 e. The first-order valence-corrected chi connectivity index (χ1v) is 20.4. The largest absolute Gasteiger partial charge is 0.484 e. The molecule has 4 heteroatoms. The van der Waals surface area contributed by atoms with Gasteiger partial charge in [0.05, 0.1) is 27.6 Å². The fourth-order valence-electron chi connectivity index (χ4n) is 10.5. The Hall–Kier alpha value is -6.52. The first-order chi connectivity index (χ1) is 28.0. The number of allylic oxidation sites excluding steroid dienone is 10. The molecule has 0 amide bonds. The molecule has 5 aliphatic rings. The molecular weight excluding hydrogens is 695 g/mol. The van der Waals surface area contributed by atoms with Gasteiger partial charge in [0.2, 0.25) is 5.95 Å². The van der Waals surface area contributed by atoms with Gasteiger partial charge in [-0.15, -0.1) is 0 Å². The molecule has 0 fully saturated rings. The lowest BCUT2D eigenvalue weighted by Crippen LogP contribution is -2.16. The van der Waals surface area contributed by atoms with Crippen LogP contribution < -0.4 is 4.74 Å². The van der Waals surface area contributed by atoms with Gasteiger partial charge in [-0.1, -0.05) is 135 Å². The van der Waals surface area contributed by atoms with Crippen LogP contribution in [0.4, 0.5) is 0 Å². The van der Waals surface area contributed by atoms with Crippen molar-refractivity contribution in [2.45, 2.75) is 57.0 Å². The standard InChI is InChI=1S/C53H41N3O/c1-53(2)43-20-9-6-15-37(43)39-19-12-18-36(49(39)53)35-27-29-45-42(31-35)48-46(30-28-40-38-16-8-11-22-47(38)57-51(40)48)56(45)52-54-44-21-10-7-17-41(44)50(55-52)34-25-23-33(24-26-34)32-13-4-3-5-14-32/h3-4,6-13,15-23,25,27-31,38,47H,5,14,24,26H2,1-2H3. The van der Waals surface area contributed by atoms with E-state index < -0.39 is 0 Å². The fourth-order valence-corrected chi connectivity index (χ4v) is 10.5. The first kappa shape index (κ1) is 32.7. The molecule has 1 aliphatic heterocycles. The van der Waals surface area contributed by atoms with Crippen molar-refractivity contribution in [1.82, 2.24) is 14.5 Å². The second-order valence-corrected chi connectivity index (χ2v) is 16.7. The highest BCUT2D eigenvalue weighted by Crippen LogP contribution is 2.53. The van der Waals surface area contributed by atoms with Gasteiger partial charge in [0.25, 0.3) is 0 Å². The van der Waals surface area contributed by atoms with Gasteiger partial charge in [-0.05, 0) is 106 Å². The number of hydrogen-bond acceptors (Lipinski definition) is 3. The number of para-hydroxylation sites is 1. The molecule has 3 heterocycles. The molecule has 2 unspecified atom stereocenters. The van der Waals surface area contributed by atoms with E-state index in [-0.39, 0.29) is 17.4 Å². The van der Waals surface area contributed by atoms with Crippen molar-refractivity contribution >= 4 is 38.3 Å². The number of rotatable bonds is 4. The van der Waals surface area contributed by atoms with Crippen LogP contribution in [-0.4, -0.2) is 20.6 Å². The average Bonchev–Trinajstić information content (AvgIpc) is 3.89. The first-order valence-electron chi connectivity index (χ1n) is 20.4. The van der Waals surface area contributed by atoms with Crippen molar-refractivity contribution < 1.29 is 4.74 Å². The van der Waals surface area contributed by atoms with Gasteiger partial charge in [0.15, 0.2) is 0 Å². The summed E-state index contributed by atoms with van der Waals surface area (Å²) in [6, 6.07) is 35.7. The quantitative estimate of drug-likeness (QED) is 0.181. The predicted octanol–water partition coefficient (Wildman–Crippen LogP) is 13.1. The van der Waals surface area contributed by atoms with Gasteiger partial charge in [-0.3, -0.25) is 4.57 Å². The van der Waals surface area contributed by atoms with Crippen LogP contribution >= 0.6 is 0 Å². The highest BCUT2D eigenvalue weighted by molar-refractivity contribution is 6.14. The van der Waals surface area contributed by atoms with Crippen molar-refractivity contribution in [3.05, 3.63) is 185 Å². The van der Waals surface area contributed by atoms with Crippen LogP contribution in [0.25, 0.3) is 66.5 Å². The number of aromatic nitrogens is 3. The zero-order valence-electron chi connectivity index (χ0n) is 32.2. The van der Waals surface area contributed by atoms with E-state index in [0.29, 0.717) is 5.95 Å². The molecule has 0 radical (unpaired) electrons. The number of ether oxygens (including phenoxy) is 1. The molecular formula is C53H41N3O. The topological polar surface area (TPSA) is 39.9 Å². The van der Waals surface area contributed by atoms with Crippen LogP contribution in [0.15, 0.2) is 163 Å². The van der Waals surface area contributed by atoms with Gasteiger partial charge >= 0.3 is 0 Å². The Labute approximate surface area is 332 Å². The molecule has 7 aromatic rings. The summed E-state index contributed by atoms with van der Waals surface area (Å²) in [6.45, 7) is 4.74. The summed E-state index contributed by atoms with van der Waals surface area (Å²) in [4.78, 5) is 10.8. The average molecular weight is 736 g/mol. The summed E-state index contributed by atoms with van der Waals surface area (Å²) < 4.78 is 9.19. The molecule has 2 aromatic heterocycles. The Morgan fingerprint density at radius 1 is 0.667 bits per heavy atom. The second-order valence-electron chi connectivity index (χ2n) is 16.7. The van der Waals surface area contributed by atoms with Crippen molar-refractivity contribution in [2.75, 3.05) is 0 Å². The normalized spacial score (nSPS) is 19.9. The van der Waals surface area contributed by atoms with Crippen LogP contribution in [0.5, 0.6) is 5.75 Å². The van der Waals surface area contributed by atoms with E-state index in [2.05, 4.69) is 170 Å². The van der Waals surface area contributed by atoms with Crippen LogP contribution in [0.2, 0.25) is 0 Å². The molecule has 0 saturated heterocycles. The van der Waals surface area contributed by atoms with Crippen LogP contribution in [0.1, 0.15) is 67.8 Å². The van der Waals surface area contributed by atoms with Gasteiger partial charge in [-0.25, -0.2) is 9.97 Å². The molecule has 4 aliphatic carbocycles. The van der Waals surface area contributed by atoms with Crippen LogP contribution in [-0.2, 0) is 5.41 Å². The molecule has 0 saturated carbocycles. The number of hydrogen-bond donors (Lipinski definition) is 0. The summed E-state index contributed by atoms with van der Waals surface area (Å²) in [5.41, 5.74) is 17.2. The third-order valence-electron chi connectivity index (χ3n) is 13.2. The minimum absolute atomic E-state index is 0.0195. The van der Waals surface area contributed by atoms with E-state index in [1.54, 1.807) is 0 Å². The number of fused-ring (bicyclic) bond motifs is 11. The summed E-state index contributed by atoms with van der Waals surface area (Å²) in [5.74, 6) is 1.83. The minimum atomic E-state index is -0.131. The van der Waals surface area contributed by atoms with E-state index in [4.69, 9.17) is 14.7 Å². The number of benzene rings is 5. The Morgan fingerprint density at radius 3 is 2.35 bits per heavy atom. The zero-order chi connectivity index (χ0) is 37.8. The molecule has 274 valence electrons. The predicted molar refractivity (Wildman–Crippen MR) is 234 cm³/mol. The fraction of sp³-hybridized carbons (Fsp3) is 0.170. The van der Waals surface area contributed by atoms with Gasteiger partial charge in [0, 0.05) is 27.7 Å². The van der Waals surface area contributed by atoms with Gasteiger partial charge in [-0.2, -0.15) is 0 Å². The highest BCUT2D eigenvalue weighted by Gasteiger charge is 2.38. The smallest absolute Gasteiger partial charge is 0.235 e. The number of nitrogens with zero attached hydrogens (tertiary/aromatic N) is 3. The van der Waals surface area contributed by atoms with E-state index in [1.165, 1.54) is 55.7 Å². The van der Waals surface area contributed by atoms with Crippen molar-refractivity contribution in [3.63, 3.8) is 0 Å². The Kier molecular flexibility index (Phi) is 7.02. The maximum atomic E-state index is 6.91. The summed E-state index contributed by atoms with van der Waals surface area (Å²) in [6.07, 6.45) is 24.2. The molecule has 5 aromatic carbocycles. The third kappa shape index (κ3) is 4.80. The maximum absolute atomic E-state index is 6.91. The molecule has 12 rings (SSSR count). The summed E-state index contributed by atoms with van der Waals surface area (Å²) >= 11 is 0. The molecule has 2 atom stereocenters. The summed E-state index contributed by atoms with van der Waals surface area (Å²) in [7, 11) is 0. The second kappa shape index (κ2) is 12.2. The molecule has 0 N–H and O–H groups in total. The lowest BCUT2D eigenvalue weighted by molar-refractivity contribution is 0.271. The van der Waals surface area contributed by atoms with Crippen molar-refractivity contribution in [3.8, 4) is 34.0 Å². The lowest BCUT2D eigenvalue weighted by atomic mass is 9.79. The minimum Gasteiger partial charge on any atom is -0.484 e. The summed E-state index contributed by atoms with van der Waals surface area (Å²) in [5, 5.41) is 3.35. The molecule has 4 nitrogen and oxygen atoms in total. The van der Waals surface area contributed by atoms with Crippen molar-refractivity contribution in [2.24, 2.45) is 0 Å². The highest BCUT2D eigenvalue weighted by atomic mass is 16.5. The molecule has 0 spiro atoms. The Morgan fingerprint density at radius 2 is 1.46 bits per heavy atom. The third-order valence-corrected chi connectivity index (χ3v) is 13.2. The van der Waals surface area contributed by atoms with E-state index in [1.807, 2.05) is 0 Å². The Bertz CT molecular complexity index is 3090. The van der Waals surface area contributed by atoms with E-state index in [0.717, 1.165) is 69.8 Å². The molecule has 57 heavy (non-hydrogen) atoms. The lowest BCUT2D eigenvalue weighted by Gasteiger charge is -2.24. The van der Waals surface area contributed by atoms with Gasteiger partial charge < -0.3 is 4.74 Å². The zero-order valence-corrected chi connectivity index (χ0v) is 32.2.